The summed E-state index contributed by atoms with van der Waals surface area (Å²) in [6, 6.07) is 13.4. The second-order valence-electron chi connectivity index (χ2n) is 4.14. The molecule has 0 unspecified atom stereocenters. The van der Waals surface area contributed by atoms with E-state index in [0.717, 1.165) is 11.3 Å². The third kappa shape index (κ3) is 2.84. The summed E-state index contributed by atoms with van der Waals surface area (Å²) >= 11 is 7.29. The number of pyridine rings is 1. The molecule has 0 bridgehead atoms. The van der Waals surface area contributed by atoms with Crippen LogP contribution < -0.4 is 5.69 Å². The minimum Gasteiger partial charge on any atom is -0.250 e. The van der Waals surface area contributed by atoms with Gasteiger partial charge in [-0.05, 0) is 17.7 Å². The lowest BCUT2D eigenvalue weighted by molar-refractivity contribution is 0.847. The largest absolute Gasteiger partial charge is 0.355 e. The number of hydrogen-bond donors (Lipinski definition) is 0. The van der Waals surface area contributed by atoms with Gasteiger partial charge in [0.15, 0.2) is 5.16 Å². The summed E-state index contributed by atoms with van der Waals surface area (Å²) in [5.74, 6) is 0.726. The summed E-state index contributed by atoms with van der Waals surface area (Å²) in [6.07, 6.45) is 1.52. The number of benzene rings is 1. The number of halogens is 1. The van der Waals surface area contributed by atoms with Crippen molar-refractivity contribution in [2.24, 2.45) is 0 Å². The van der Waals surface area contributed by atoms with E-state index in [1.54, 1.807) is 12.1 Å². The van der Waals surface area contributed by atoms with Crippen LogP contribution in [0.25, 0.3) is 5.65 Å². The third-order valence-corrected chi connectivity index (χ3v) is 3.85. The van der Waals surface area contributed by atoms with Crippen molar-refractivity contribution < 1.29 is 0 Å². The average molecular weight is 304 g/mol. The van der Waals surface area contributed by atoms with Gasteiger partial charge in [0.25, 0.3) is 0 Å². The van der Waals surface area contributed by atoms with Crippen LogP contribution in [0.15, 0.2) is 58.6 Å². The van der Waals surface area contributed by atoms with Gasteiger partial charge in [-0.2, -0.15) is 4.98 Å². The van der Waals surface area contributed by atoms with Crippen molar-refractivity contribution in [1.82, 2.24) is 14.4 Å². The quantitative estimate of drug-likeness (QED) is 0.698. The Bertz CT molecular complexity index is 804. The van der Waals surface area contributed by atoms with Crippen molar-refractivity contribution in [3.63, 3.8) is 0 Å². The summed E-state index contributed by atoms with van der Waals surface area (Å²) < 4.78 is 1.34. The van der Waals surface area contributed by atoms with Crippen LogP contribution in [-0.2, 0) is 5.75 Å². The first kappa shape index (κ1) is 13.1. The highest BCUT2D eigenvalue weighted by molar-refractivity contribution is 7.98. The van der Waals surface area contributed by atoms with E-state index in [0.29, 0.717) is 15.8 Å². The molecule has 0 radical (unpaired) electrons. The van der Waals surface area contributed by atoms with Crippen molar-refractivity contribution in [3.05, 3.63) is 69.7 Å². The number of hydrogen-bond acceptors (Lipinski definition) is 4. The van der Waals surface area contributed by atoms with Crippen LogP contribution in [0.2, 0.25) is 5.02 Å². The van der Waals surface area contributed by atoms with E-state index >= 15 is 0 Å². The molecule has 6 heteroatoms. The number of aromatic nitrogens is 3. The van der Waals surface area contributed by atoms with Crippen molar-refractivity contribution >= 4 is 29.0 Å². The second kappa shape index (κ2) is 5.64. The van der Waals surface area contributed by atoms with Crippen LogP contribution in [-0.4, -0.2) is 14.4 Å². The Morgan fingerprint density at radius 3 is 2.70 bits per heavy atom. The Labute approximate surface area is 124 Å². The van der Waals surface area contributed by atoms with E-state index < -0.39 is 0 Å². The maximum absolute atomic E-state index is 11.9. The van der Waals surface area contributed by atoms with Gasteiger partial charge in [-0.25, -0.2) is 14.2 Å². The van der Waals surface area contributed by atoms with Gasteiger partial charge in [0, 0.05) is 11.9 Å². The molecule has 2 heterocycles. The highest BCUT2D eigenvalue weighted by Crippen LogP contribution is 2.18. The smallest absolute Gasteiger partial charge is 0.250 e. The van der Waals surface area contributed by atoms with E-state index in [2.05, 4.69) is 9.97 Å². The lowest BCUT2D eigenvalue weighted by Gasteiger charge is -2.03. The van der Waals surface area contributed by atoms with Crippen LogP contribution in [0.5, 0.6) is 0 Å². The number of nitrogens with zero attached hydrogens (tertiary/aromatic N) is 3. The maximum atomic E-state index is 11.9. The van der Waals surface area contributed by atoms with Gasteiger partial charge < -0.3 is 0 Å². The fourth-order valence-corrected chi connectivity index (χ4v) is 2.71. The maximum Gasteiger partial charge on any atom is 0.355 e. The standard InChI is InChI=1S/C14H10ClN3OS/c15-11-6-7-12-16-13(17-14(19)18(12)8-11)20-9-10-4-2-1-3-5-10/h1-8H,9H2. The molecular formula is C14H10ClN3OS. The van der Waals surface area contributed by atoms with Crippen LogP contribution in [0.4, 0.5) is 0 Å². The molecule has 0 fully saturated rings. The summed E-state index contributed by atoms with van der Waals surface area (Å²) in [5.41, 5.74) is 1.34. The zero-order chi connectivity index (χ0) is 13.9. The van der Waals surface area contributed by atoms with Crippen molar-refractivity contribution in [2.75, 3.05) is 0 Å². The normalized spacial score (nSPS) is 10.8. The molecule has 3 rings (SSSR count). The molecule has 20 heavy (non-hydrogen) atoms. The molecule has 0 aliphatic rings. The molecule has 100 valence electrons. The van der Waals surface area contributed by atoms with Gasteiger partial charge in [-0.3, -0.25) is 0 Å². The Morgan fingerprint density at radius 2 is 1.90 bits per heavy atom. The number of rotatable bonds is 3. The Balaban J connectivity index is 1.89. The van der Waals surface area contributed by atoms with Gasteiger partial charge in [-0.15, -0.1) is 0 Å². The van der Waals surface area contributed by atoms with Gasteiger partial charge in [-0.1, -0.05) is 53.7 Å². The van der Waals surface area contributed by atoms with Crippen LogP contribution in [0, 0.1) is 0 Å². The first-order valence-electron chi connectivity index (χ1n) is 5.95. The van der Waals surface area contributed by atoms with Crippen LogP contribution >= 0.6 is 23.4 Å². The summed E-state index contributed by atoms with van der Waals surface area (Å²) in [7, 11) is 0. The zero-order valence-corrected chi connectivity index (χ0v) is 11.9. The van der Waals surface area contributed by atoms with E-state index in [-0.39, 0.29) is 5.69 Å². The Kier molecular flexibility index (Phi) is 3.71. The minimum absolute atomic E-state index is 0.368. The van der Waals surface area contributed by atoms with Gasteiger partial charge in [0.2, 0.25) is 0 Å². The molecule has 2 aromatic heterocycles. The van der Waals surface area contributed by atoms with E-state index in [9.17, 15) is 4.79 Å². The van der Waals surface area contributed by atoms with E-state index in [4.69, 9.17) is 11.6 Å². The molecule has 0 N–H and O–H groups in total. The van der Waals surface area contributed by atoms with E-state index in [1.807, 2.05) is 30.3 Å². The summed E-state index contributed by atoms with van der Waals surface area (Å²) in [5, 5.41) is 0.953. The predicted octanol–water partition coefficient (Wildman–Crippen LogP) is 3.04. The first-order valence-corrected chi connectivity index (χ1v) is 7.31. The highest BCUT2D eigenvalue weighted by Gasteiger charge is 2.05. The molecule has 0 aliphatic heterocycles. The van der Waals surface area contributed by atoms with Gasteiger partial charge in [0.05, 0.1) is 5.02 Å². The topological polar surface area (TPSA) is 47.3 Å². The second-order valence-corrected chi connectivity index (χ2v) is 5.52. The number of fused-ring (bicyclic) bond motifs is 1. The first-order chi connectivity index (χ1) is 9.72. The molecule has 0 saturated carbocycles. The Hall–Kier alpha value is -1.85. The minimum atomic E-state index is -0.368. The molecule has 3 aromatic rings. The molecule has 1 aromatic carbocycles. The third-order valence-electron chi connectivity index (χ3n) is 2.71. The van der Waals surface area contributed by atoms with Crippen molar-refractivity contribution in [1.29, 1.82) is 0 Å². The summed E-state index contributed by atoms with van der Waals surface area (Å²) in [6.45, 7) is 0. The van der Waals surface area contributed by atoms with Crippen LogP contribution in [0.1, 0.15) is 5.56 Å². The monoisotopic (exact) mass is 303 g/mol. The van der Waals surface area contributed by atoms with Crippen molar-refractivity contribution in [2.45, 2.75) is 10.9 Å². The average Bonchev–Trinajstić information content (AvgIpc) is 2.47. The van der Waals surface area contributed by atoms with E-state index in [1.165, 1.54) is 22.4 Å². The fourth-order valence-electron chi connectivity index (χ4n) is 1.76. The van der Waals surface area contributed by atoms with Gasteiger partial charge in [0.1, 0.15) is 5.65 Å². The Morgan fingerprint density at radius 1 is 1.10 bits per heavy atom. The zero-order valence-electron chi connectivity index (χ0n) is 10.4. The summed E-state index contributed by atoms with van der Waals surface area (Å²) in [4.78, 5) is 20.2. The lowest BCUT2D eigenvalue weighted by atomic mass is 10.2. The van der Waals surface area contributed by atoms with Crippen molar-refractivity contribution in [3.8, 4) is 0 Å². The fraction of sp³-hybridized carbons (Fsp3) is 0.0714. The molecular weight excluding hydrogens is 294 g/mol. The number of thioether (sulfide) groups is 1. The molecule has 0 atom stereocenters. The molecule has 0 aliphatic carbocycles. The highest BCUT2D eigenvalue weighted by atomic mass is 35.5. The van der Waals surface area contributed by atoms with Crippen LogP contribution in [0.3, 0.4) is 0 Å². The van der Waals surface area contributed by atoms with Gasteiger partial charge >= 0.3 is 5.69 Å². The molecule has 0 spiro atoms. The molecule has 0 amide bonds. The SMILES string of the molecule is O=c1nc(SCc2ccccc2)nc2ccc(Cl)cn12. The molecule has 4 nitrogen and oxygen atoms in total. The predicted molar refractivity (Wildman–Crippen MR) is 80.3 cm³/mol. The molecule has 0 saturated heterocycles. The lowest BCUT2D eigenvalue weighted by Crippen LogP contribution is -2.18.